The van der Waals surface area contributed by atoms with Gasteiger partial charge in [-0.15, -0.1) is 0 Å². The first kappa shape index (κ1) is 28.6. The van der Waals surface area contributed by atoms with Crippen LogP contribution in [0.4, 0.5) is 0 Å². The highest BCUT2D eigenvalue weighted by Gasteiger charge is 2.20. The summed E-state index contributed by atoms with van der Waals surface area (Å²) in [5, 5.41) is 0.456. The summed E-state index contributed by atoms with van der Waals surface area (Å²) in [7, 11) is 0. The molecule has 10 heteroatoms. The molecule has 1 heterocycles. The average Bonchev–Trinajstić information content (AvgIpc) is 2.88. The first-order valence-electron chi connectivity index (χ1n) is 12.9. The molecule has 5 N–H and O–H groups in total. The molecule has 1 fully saturated rings. The van der Waals surface area contributed by atoms with Crippen LogP contribution in [-0.4, -0.2) is 39.4 Å². The van der Waals surface area contributed by atoms with Crippen molar-refractivity contribution in [2.45, 2.75) is 82.3 Å². The maximum atomic E-state index is 12.7. The van der Waals surface area contributed by atoms with Gasteiger partial charge in [-0.3, -0.25) is 14.4 Å². The highest BCUT2D eigenvalue weighted by Crippen LogP contribution is 2.27. The van der Waals surface area contributed by atoms with Gasteiger partial charge in [-0.25, -0.2) is 9.78 Å². The Kier molecular flexibility index (Phi) is 10.9. The number of hydrogen-bond donors (Lipinski definition) is 3. The number of nitrogens with zero attached hydrogens (tertiary/aromatic N) is 1. The average molecular weight is 529 g/mol. The van der Waals surface area contributed by atoms with E-state index in [0.29, 0.717) is 29.5 Å². The predicted octanol–water partition coefficient (Wildman–Crippen LogP) is 3.32. The number of primary amides is 1. The fourth-order valence-electron chi connectivity index (χ4n) is 4.52. The summed E-state index contributed by atoms with van der Waals surface area (Å²) in [6, 6.07) is 5.35. The van der Waals surface area contributed by atoms with Crippen LogP contribution in [0.2, 0.25) is 0 Å². The van der Waals surface area contributed by atoms with Crippen LogP contribution < -0.4 is 21.8 Å². The quantitative estimate of drug-likeness (QED) is 0.117. The first-order valence-corrected chi connectivity index (χ1v) is 13.9. The number of ether oxygens (including phenoxy) is 1. The maximum absolute atomic E-state index is 12.7. The van der Waals surface area contributed by atoms with Gasteiger partial charge in [0.1, 0.15) is 11.8 Å². The van der Waals surface area contributed by atoms with Crippen molar-refractivity contribution in [3.63, 3.8) is 0 Å². The van der Waals surface area contributed by atoms with Crippen LogP contribution in [0.15, 0.2) is 34.2 Å². The van der Waals surface area contributed by atoms with Crippen molar-refractivity contribution in [2.75, 3.05) is 5.75 Å². The second kappa shape index (κ2) is 14.1. The minimum absolute atomic E-state index is 0.112. The van der Waals surface area contributed by atoms with Gasteiger partial charge in [0.15, 0.2) is 10.9 Å². The molecular weight excluding hydrogens is 492 g/mol. The zero-order chi connectivity index (χ0) is 26.8. The Morgan fingerprint density at radius 2 is 1.86 bits per heavy atom. The SMILES string of the molecule is CCc1c(CC2CCCCC2)nc(SCC(=O)c2ccc(OC(=O)C(N)CCCC(N)=O)cc2)[nH]c1=O. The summed E-state index contributed by atoms with van der Waals surface area (Å²) in [6.07, 6.45) is 8.36. The molecule has 0 spiro atoms. The van der Waals surface area contributed by atoms with Crippen LogP contribution in [0.25, 0.3) is 0 Å². The Balaban J connectivity index is 1.56. The summed E-state index contributed by atoms with van der Waals surface area (Å²) in [5.74, 6) is -0.255. The number of benzene rings is 1. The van der Waals surface area contributed by atoms with Crippen LogP contribution in [0.3, 0.4) is 0 Å². The number of thioether (sulfide) groups is 1. The number of Topliss-reactive ketones (excluding diaryl/α,β-unsaturated/α-hetero) is 1. The van der Waals surface area contributed by atoms with Crippen LogP contribution in [0.5, 0.6) is 5.75 Å². The highest BCUT2D eigenvalue weighted by molar-refractivity contribution is 7.99. The number of carbonyl (C=O) groups is 3. The van der Waals surface area contributed by atoms with E-state index < -0.39 is 17.9 Å². The van der Waals surface area contributed by atoms with Gasteiger partial charge in [-0.2, -0.15) is 0 Å². The standard InChI is InChI=1S/C27H36N4O5S/c1-2-20-22(15-17-7-4-3-5-8-17)30-27(31-25(20)34)37-16-23(32)18-11-13-19(14-12-18)36-26(35)21(28)9-6-10-24(29)33/h11-14,17,21H,2-10,15-16,28H2,1H3,(H2,29,33)(H,30,31,34). The Hall–Kier alpha value is -2.98. The van der Waals surface area contributed by atoms with Crippen molar-refractivity contribution in [1.29, 1.82) is 0 Å². The summed E-state index contributed by atoms with van der Waals surface area (Å²) >= 11 is 1.21. The van der Waals surface area contributed by atoms with Gasteiger partial charge < -0.3 is 21.2 Å². The van der Waals surface area contributed by atoms with Crippen molar-refractivity contribution in [3.8, 4) is 5.75 Å². The Morgan fingerprint density at radius 3 is 2.51 bits per heavy atom. The van der Waals surface area contributed by atoms with E-state index in [4.69, 9.17) is 21.2 Å². The third-order valence-electron chi connectivity index (χ3n) is 6.62. The number of carbonyl (C=O) groups excluding carboxylic acids is 3. The van der Waals surface area contributed by atoms with Crippen LogP contribution in [-0.2, 0) is 22.4 Å². The number of amides is 1. The normalized spacial score (nSPS) is 14.8. The van der Waals surface area contributed by atoms with Gasteiger partial charge >= 0.3 is 5.97 Å². The van der Waals surface area contributed by atoms with Gasteiger partial charge in [0.2, 0.25) is 5.91 Å². The largest absolute Gasteiger partial charge is 0.425 e. The number of esters is 1. The second-order valence-electron chi connectivity index (χ2n) is 9.48. The molecule has 0 bridgehead atoms. The number of aromatic amines is 1. The minimum atomic E-state index is -0.867. The maximum Gasteiger partial charge on any atom is 0.328 e. The second-order valence-corrected chi connectivity index (χ2v) is 10.4. The van der Waals surface area contributed by atoms with E-state index >= 15 is 0 Å². The van der Waals surface area contributed by atoms with E-state index in [2.05, 4.69) is 4.98 Å². The fraction of sp³-hybridized carbons (Fsp3) is 0.519. The first-order chi connectivity index (χ1) is 17.8. The summed E-state index contributed by atoms with van der Waals surface area (Å²) < 4.78 is 5.26. The molecule has 1 amide bonds. The Morgan fingerprint density at radius 1 is 1.16 bits per heavy atom. The molecule has 200 valence electrons. The van der Waals surface area contributed by atoms with Crippen molar-refractivity contribution < 1.29 is 19.1 Å². The lowest BCUT2D eigenvalue weighted by Crippen LogP contribution is -2.34. The molecule has 1 aliphatic rings. The molecule has 37 heavy (non-hydrogen) atoms. The molecule has 2 aromatic rings. The van der Waals surface area contributed by atoms with Crippen molar-refractivity contribution in [3.05, 3.63) is 51.4 Å². The predicted molar refractivity (Wildman–Crippen MR) is 143 cm³/mol. The Bertz CT molecular complexity index is 1140. The smallest absolute Gasteiger partial charge is 0.328 e. The van der Waals surface area contributed by atoms with Crippen LogP contribution >= 0.6 is 11.8 Å². The van der Waals surface area contributed by atoms with Gasteiger partial charge in [-0.1, -0.05) is 50.8 Å². The molecule has 1 saturated carbocycles. The van der Waals surface area contributed by atoms with E-state index in [1.165, 1.54) is 56.0 Å². The zero-order valence-corrected chi connectivity index (χ0v) is 22.1. The van der Waals surface area contributed by atoms with Crippen molar-refractivity contribution in [2.24, 2.45) is 17.4 Å². The lowest BCUT2D eigenvalue weighted by Gasteiger charge is -2.22. The van der Waals surface area contributed by atoms with E-state index in [1.54, 1.807) is 12.1 Å². The molecule has 3 rings (SSSR count). The molecule has 1 atom stereocenters. The number of nitrogens with one attached hydrogen (secondary N) is 1. The fourth-order valence-corrected chi connectivity index (χ4v) is 5.29. The molecule has 9 nitrogen and oxygen atoms in total. The molecule has 0 saturated heterocycles. The molecule has 1 aliphatic carbocycles. The van der Waals surface area contributed by atoms with Gasteiger partial charge in [-0.05, 0) is 55.9 Å². The molecular formula is C27H36N4O5S. The van der Waals surface area contributed by atoms with Gasteiger partial charge in [0.25, 0.3) is 5.56 Å². The monoisotopic (exact) mass is 528 g/mol. The number of aromatic nitrogens is 2. The number of rotatable bonds is 13. The number of hydrogen-bond acceptors (Lipinski definition) is 8. The molecule has 0 aliphatic heterocycles. The number of ketones is 1. The topological polar surface area (TPSA) is 158 Å². The number of H-pyrrole nitrogens is 1. The lowest BCUT2D eigenvalue weighted by molar-refractivity contribution is -0.136. The molecule has 1 aromatic heterocycles. The summed E-state index contributed by atoms with van der Waals surface area (Å²) in [6.45, 7) is 1.96. The molecule has 1 unspecified atom stereocenters. The third-order valence-corrected chi connectivity index (χ3v) is 7.49. The number of nitrogens with two attached hydrogens (primary N) is 2. The van der Waals surface area contributed by atoms with Gasteiger partial charge in [0, 0.05) is 17.5 Å². The van der Waals surface area contributed by atoms with E-state index in [-0.39, 0.29) is 35.7 Å². The third kappa shape index (κ3) is 8.82. The van der Waals surface area contributed by atoms with E-state index in [0.717, 1.165) is 17.7 Å². The zero-order valence-electron chi connectivity index (χ0n) is 21.3. The van der Waals surface area contributed by atoms with Crippen molar-refractivity contribution >= 4 is 29.4 Å². The van der Waals surface area contributed by atoms with Crippen molar-refractivity contribution in [1.82, 2.24) is 9.97 Å². The van der Waals surface area contributed by atoms with Gasteiger partial charge in [0.05, 0.1) is 11.4 Å². The van der Waals surface area contributed by atoms with Crippen LogP contribution in [0, 0.1) is 5.92 Å². The summed E-state index contributed by atoms with van der Waals surface area (Å²) in [4.78, 5) is 55.8. The Labute approximate surface area is 221 Å². The lowest BCUT2D eigenvalue weighted by atomic mass is 9.85. The minimum Gasteiger partial charge on any atom is -0.425 e. The highest BCUT2D eigenvalue weighted by atomic mass is 32.2. The van der Waals surface area contributed by atoms with Crippen LogP contribution in [0.1, 0.15) is 79.9 Å². The van der Waals surface area contributed by atoms with E-state index in [1.807, 2.05) is 6.92 Å². The molecule has 1 aromatic carbocycles. The molecule has 0 radical (unpaired) electrons. The summed E-state index contributed by atoms with van der Waals surface area (Å²) in [5.41, 5.74) is 12.8. The van der Waals surface area contributed by atoms with E-state index in [9.17, 15) is 19.2 Å².